The molecule has 0 unspecified atom stereocenters. The number of hydrogen-bond acceptors (Lipinski definition) is 3. The Kier molecular flexibility index (Phi) is 3.13. The van der Waals surface area contributed by atoms with Gasteiger partial charge in [0.2, 0.25) is 0 Å². The van der Waals surface area contributed by atoms with E-state index in [1.807, 2.05) is 6.92 Å². The lowest BCUT2D eigenvalue weighted by atomic mass is 9.99. The third kappa shape index (κ3) is 1.85. The Morgan fingerprint density at radius 2 is 1.90 bits per heavy atom. The Balaban J connectivity index is 2.53. The molecule has 0 atom stereocenters. The van der Waals surface area contributed by atoms with Crippen molar-refractivity contribution in [2.45, 2.75) is 40.0 Å². The summed E-state index contributed by atoms with van der Waals surface area (Å²) < 4.78 is 11.1. The molecule has 0 aliphatic heterocycles. The zero-order chi connectivity index (χ0) is 14.3. The fourth-order valence-corrected chi connectivity index (χ4v) is 2.84. The fourth-order valence-electron chi connectivity index (χ4n) is 2.84. The first-order chi connectivity index (χ1) is 9.65. The molecule has 2 aromatic heterocycles. The molecule has 0 saturated heterocycles. The quantitative estimate of drug-likeness (QED) is 0.664. The molecule has 0 spiro atoms. The van der Waals surface area contributed by atoms with Gasteiger partial charge in [0, 0.05) is 11.5 Å². The molecule has 3 rings (SSSR count). The summed E-state index contributed by atoms with van der Waals surface area (Å²) >= 11 is 0. The van der Waals surface area contributed by atoms with Gasteiger partial charge in [-0.25, -0.2) is 4.79 Å². The minimum absolute atomic E-state index is 0.285. The summed E-state index contributed by atoms with van der Waals surface area (Å²) in [6.45, 7) is 6.21. The van der Waals surface area contributed by atoms with Gasteiger partial charge in [-0.1, -0.05) is 20.3 Å². The van der Waals surface area contributed by atoms with Crippen molar-refractivity contribution in [3.8, 4) is 0 Å². The minimum atomic E-state index is -0.285. The predicted molar refractivity (Wildman–Crippen MR) is 80.4 cm³/mol. The van der Waals surface area contributed by atoms with Gasteiger partial charge in [0.05, 0.1) is 11.6 Å². The molecule has 3 heteroatoms. The fraction of sp³-hybridized carbons (Fsp3) is 0.353. The Bertz CT molecular complexity index is 837. The average molecular weight is 270 g/mol. The lowest BCUT2D eigenvalue weighted by molar-refractivity contribution is 0.560. The van der Waals surface area contributed by atoms with E-state index in [9.17, 15) is 4.79 Å². The van der Waals surface area contributed by atoms with Crippen LogP contribution in [0.1, 0.15) is 37.0 Å². The molecule has 1 aromatic carbocycles. The molecule has 0 N–H and O–H groups in total. The van der Waals surface area contributed by atoms with Gasteiger partial charge in [0.15, 0.2) is 0 Å². The van der Waals surface area contributed by atoms with Crippen molar-refractivity contribution >= 4 is 21.9 Å². The predicted octanol–water partition coefficient (Wildman–Crippen LogP) is 4.36. The molecule has 0 bridgehead atoms. The number of aryl methyl sites for hydroxylation is 3. The Hall–Kier alpha value is -2.03. The summed E-state index contributed by atoms with van der Waals surface area (Å²) in [7, 11) is 0. The first kappa shape index (κ1) is 13.0. The maximum absolute atomic E-state index is 11.8. The van der Waals surface area contributed by atoms with Gasteiger partial charge in [0.1, 0.15) is 11.2 Å². The van der Waals surface area contributed by atoms with Crippen molar-refractivity contribution in [1.29, 1.82) is 0 Å². The van der Waals surface area contributed by atoms with Gasteiger partial charge in [-0.2, -0.15) is 0 Å². The zero-order valence-electron chi connectivity index (χ0n) is 12.1. The first-order valence-electron chi connectivity index (χ1n) is 7.12. The van der Waals surface area contributed by atoms with E-state index >= 15 is 0 Å². The van der Waals surface area contributed by atoms with Crippen molar-refractivity contribution < 1.29 is 8.83 Å². The zero-order valence-corrected chi connectivity index (χ0v) is 12.1. The molecule has 0 radical (unpaired) electrons. The summed E-state index contributed by atoms with van der Waals surface area (Å²) in [4.78, 5) is 11.8. The summed E-state index contributed by atoms with van der Waals surface area (Å²) in [5.74, 6) is 0. The maximum Gasteiger partial charge on any atom is 0.336 e. The molecule has 104 valence electrons. The van der Waals surface area contributed by atoms with Crippen LogP contribution < -0.4 is 5.63 Å². The number of benzene rings is 1. The smallest absolute Gasteiger partial charge is 0.336 e. The van der Waals surface area contributed by atoms with Crippen LogP contribution in [0.15, 0.2) is 32.0 Å². The minimum Gasteiger partial charge on any atom is -0.464 e. The summed E-state index contributed by atoms with van der Waals surface area (Å²) in [6.07, 6.45) is 4.51. The number of furan rings is 1. The molecule has 0 aliphatic carbocycles. The third-order valence-corrected chi connectivity index (χ3v) is 3.80. The molecular formula is C17H18O3. The molecule has 3 nitrogen and oxygen atoms in total. The molecular weight excluding hydrogens is 252 g/mol. The van der Waals surface area contributed by atoms with E-state index in [0.717, 1.165) is 52.3 Å². The second-order valence-electron chi connectivity index (χ2n) is 5.23. The van der Waals surface area contributed by atoms with Gasteiger partial charge in [0.25, 0.3) is 0 Å². The Morgan fingerprint density at radius 1 is 1.10 bits per heavy atom. The number of rotatable bonds is 3. The van der Waals surface area contributed by atoms with Crippen LogP contribution in [0.2, 0.25) is 0 Å². The van der Waals surface area contributed by atoms with Crippen LogP contribution in [0.25, 0.3) is 21.9 Å². The topological polar surface area (TPSA) is 43.4 Å². The standard InChI is InChI=1S/C17H18O3/c1-4-6-12-8-14(18)20-17-13(12)7-11(5-2)16-15(17)10(3)9-19-16/h7-9H,4-6H2,1-3H3. The highest BCUT2D eigenvalue weighted by atomic mass is 16.4. The van der Waals surface area contributed by atoms with Crippen molar-refractivity contribution in [3.05, 3.63) is 45.5 Å². The van der Waals surface area contributed by atoms with Gasteiger partial charge < -0.3 is 8.83 Å². The molecule has 0 aliphatic rings. The van der Waals surface area contributed by atoms with Crippen LogP contribution in [-0.2, 0) is 12.8 Å². The van der Waals surface area contributed by atoms with E-state index < -0.39 is 0 Å². The highest BCUT2D eigenvalue weighted by molar-refractivity contribution is 6.06. The molecule has 0 amide bonds. The highest BCUT2D eigenvalue weighted by Crippen LogP contribution is 2.33. The van der Waals surface area contributed by atoms with Crippen LogP contribution in [-0.4, -0.2) is 0 Å². The third-order valence-electron chi connectivity index (χ3n) is 3.80. The van der Waals surface area contributed by atoms with Crippen LogP contribution in [0.5, 0.6) is 0 Å². The first-order valence-corrected chi connectivity index (χ1v) is 7.12. The van der Waals surface area contributed by atoms with E-state index in [1.54, 1.807) is 12.3 Å². The SMILES string of the molecule is CCCc1cc(=O)oc2c1cc(CC)c1occ(C)c12. The van der Waals surface area contributed by atoms with Crippen LogP contribution in [0.4, 0.5) is 0 Å². The normalized spacial score (nSPS) is 11.6. The van der Waals surface area contributed by atoms with Crippen LogP contribution >= 0.6 is 0 Å². The lowest BCUT2D eigenvalue weighted by Gasteiger charge is -2.08. The van der Waals surface area contributed by atoms with Gasteiger partial charge >= 0.3 is 5.63 Å². The average Bonchev–Trinajstić information content (AvgIpc) is 2.81. The van der Waals surface area contributed by atoms with E-state index in [1.165, 1.54) is 0 Å². The van der Waals surface area contributed by atoms with E-state index in [4.69, 9.17) is 8.83 Å². The number of fused-ring (bicyclic) bond motifs is 3. The van der Waals surface area contributed by atoms with Crippen LogP contribution in [0, 0.1) is 6.92 Å². The van der Waals surface area contributed by atoms with E-state index in [-0.39, 0.29) is 5.63 Å². The summed E-state index contributed by atoms with van der Waals surface area (Å²) in [5, 5.41) is 1.98. The summed E-state index contributed by atoms with van der Waals surface area (Å²) in [6, 6.07) is 3.72. The molecule has 0 saturated carbocycles. The van der Waals surface area contributed by atoms with Crippen molar-refractivity contribution in [2.75, 3.05) is 0 Å². The molecule has 20 heavy (non-hydrogen) atoms. The maximum atomic E-state index is 11.8. The molecule has 2 heterocycles. The van der Waals surface area contributed by atoms with Gasteiger partial charge in [-0.05, 0) is 42.5 Å². The largest absolute Gasteiger partial charge is 0.464 e. The van der Waals surface area contributed by atoms with E-state index in [0.29, 0.717) is 5.58 Å². The second kappa shape index (κ2) is 4.82. The van der Waals surface area contributed by atoms with Crippen LogP contribution in [0.3, 0.4) is 0 Å². The van der Waals surface area contributed by atoms with Crippen molar-refractivity contribution in [2.24, 2.45) is 0 Å². The van der Waals surface area contributed by atoms with Gasteiger partial charge in [-0.15, -0.1) is 0 Å². The monoisotopic (exact) mass is 270 g/mol. The lowest BCUT2D eigenvalue weighted by Crippen LogP contribution is -2.01. The Morgan fingerprint density at radius 3 is 2.60 bits per heavy atom. The van der Waals surface area contributed by atoms with Crippen molar-refractivity contribution in [1.82, 2.24) is 0 Å². The summed E-state index contributed by atoms with van der Waals surface area (Å²) in [5.41, 5.74) is 4.46. The molecule has 3 aromatic rings. The number of hydrogen-bond donors (Lipinski definition) is 0. The van der Waals surface area contributed by atoms with Crippen molar-refractivity contribution in [3.63, 3.8) is 0 Å². The Labute approximate surface area is 117 Å². The van der Waals surface area contributed by atoms with Gasteiger partial charge in [-0.3, -0.25) is 0 Å². The molecule has 0 fully saturated rings. The van der Waals surface area contributed by atoms with E-state index in [2.05, 4.69) is 19.9 Å². The second-order valence-corrected chi connectivity index (χ2v) is 5.23. The highest BCUT2D eigenvalue weighted by Gasteiger charge is 2.16.